The van der Waals surface area contributed by atoms with Gasteiger partial charge >= 0.3 is 0 Å². The van der Waals surface area contributed by atoms with E-state index in [1.54, 1.807) is 25.3 Å². The maximum absolute atomic E-state index is 13.2. The number of nitrogens with one attached hydrogen (secondary N) is 1. The van der Waals surface area contributed by atoms with Gasteiger partial charge in [-0.15, -0.1) is 0 Å². The summed E-state index contributed by atoms with van der Waals surface area (Å²) in [5.41, 5.74) is 0.498. The molecule has 0 aliphatic carbocycles. The van der Waals surface area contributed by atoms with Gasteiger partial charge in [0, 0.05) is 13.7 Å². The third-order valence-electron chi connectivity index (χ3n) is 2.24. The SMILES string of the molecule is COCCOCCOCCNc1ccccc1F. The highest BCUT2D eigenvalue weighted by molar-refractivity contribution is 5.44. The van der Waals surface area contributed by atoms with Crippen LogP contribution in [0, 0.1) is 5.82 Å². The van der Waals surface area contributed by atoms with E-state index in [2.05, 4.69) is 5.32 Å². The molecule has 0 aliphatic heterocycles. The summed E-state index contributed by atoms with van der Waals surface area (Å²) < 4.78 is 28.6. The molecule has 1 rings (SSSR count). The molecule has 18 heavy (non-hydrogen) atoms. The quantitative estimate of drug-likeness (QED) is 0.650. The molecule has 0 bridgehead atoms. The van der Waals surface area contributed by atoms with Crippen molar-refractivity contribution in [2.24, 2.45) is 0 Å². The van der Waals surface area contributed by atoms with Crippen molar-refractivity contribution in [1.82, 2.24) is 0 Å². The van der Waals surface area contributed by atoms with Crippen molar-refractivity contribution in [3.8, 4) is 0 Å². The Bertz CT molecular complexity index is 323. The molecular weight excluding hydrogens is 237 g/mol. The van der Waals surface area contributed by atoms with Crippen molar-refractivity contribution >= 4 is 5.69 Å². The molecule has 0 aromatic heterocycles. The van der Waals surface area contributed by atoms with Gasteiger partial charge in [0.25, 0.3) is 0 Å². The van der Waals surface area contributed by atoms with E-state index in [0.717, 1.165) is 0 Å². The largest absolute Gasteiger partial charge is 0.382 e. The zero-order valence-corrected chi connectivity index (χ0v) is 10.7. The van der Waals surface area contributed by atoms with Crippen molar-refractivity contribution in [2.45, 2.75) is 0 Å². The second-order valence-electron chi connectivity index (χ2n) is 3.62. The summed E-state index contributed by atoms with van der Waals surface area (Å²) in [6.45, 7) is 3.33. The van der Waals surface area contributed by atoms with Gasteiger partial charge in [-0.1, -0.05) is 12.1 Å². The van der Waals surface area contributed by atoms with E-state index in [4.69, 9.17) is 14.2 Å². The third kappa shape index (κ3) is 6.54. The lowest BCUT2D eigenvalue weighted by molar-refractivity contribution is 0.0272. The highest BCUT2D eigenvalue weighted by atomic mass is 19.1. The highest BCUT2D eigenvalue weighted by Crippen LogP contribution is 2.11. The predicted molar refractivity (Wildman–Crippen MR) is 68.4 cm³/mol. The van der Waals surface area contributed by atoms with Gasteiger partial charge < -0.3 is 19.5 Å². The minimum Gasteiger partial charge on any atom is -0.382 e. The van der Waals surface area contributed by atoms with Crippen LogP contribution in [-0.2, 0) is 14.2 Å². The number of anilines is 1. The van der Waals surface area contributed by atoms with E-state index in [1.807, 2.05) is 0 Å². The van der Waals surface area contributed by atoms with Gasteiger partial charge in [-0.05, 0) is 12.1 Å². The van der Waals surface area contributed by atoms with Gasteiger partial charge in [-0.25, -0.2) is 4.39 Å². The average Bonchev–Trinajstić information content (AvgIpc) is 2.39. The fourth-order valence-corrected chi connectivity index (χ4v) is 1.33. The van der Waals surface area contributed by atoms with Crippen molar-refractivity contribution in [3.05, 3.63) is 30.1 Å². The number of rotatable bonds is 10. The Morgan fingerprint density at radius 2 is 1.67 bits per heavy atom. The number of methoxy groups -OCH3 is 1. The van der Waals surface area contributed by atoms with Gasteiger partial charge in [0.15, 0.2) is 0 Å². The van der Waals surface area contributed by atoms with Crippen molar-refractivity contribution in [3.63, 3.8) is 0 Å². The standard InChI is InChI=1S/C13H20FNO3/c1-16-8-9-18-11-10-17-7-6-15-13-5-3-2-4-12(13)14/h2-5,15H,6-11H2,1H3. The lowest BCUT2D eigenvalue weighted by atomic mass is 10.3. The molecule has 0 spiro atoms. The molecule has 1 aromatic carbocycles. The zero-order chi connectivity index (χ0) is 13.1. The molecule has 0 radical (unpaired) electrons. The van der Waals surface area contributed by atoms with Crippen LogP contribution in [0.4, 0.5) is 10.1 Å². The van der Waals surface area contributed by atoms with E-state index >= 15 is 0 Å². The summed E-state index contributed by atoms with van der Waals surface area (Å²) in [7, 11) is 1.63. The van der Waals surface area contributed by atoms with Crippen LogP contribution in [0.25, 0.3) is 0 Å². The lowest BCUT2D eigenvalue weighted by Gasteiger charge is -2.08. The van der Waals surface area contributed by atoms with E-state index in [9.17, 15) is 4.39 Å². The van der Waals surface area contributed by atoms with Crippen LogP contribution in [-0.4, -0.2) is 46.7 Å². The molecule has 0 saturated carbocycles. The maximum Gasteiger partial charge on any atom is 0.146 e. The Labute approximate surface area is 107 Å². The van der Waals surface area contributed by atoms with Gasteiger partial charge in [0.1, 0.15) is 5.82 Å². The molecule has 102 valence electrons. The Kier molecular flexibility index (Phi) is 8.12. The first kappa shape index (κ1) is 14.9. The number of benzene rings is 1. The second-order valence-corrected chi connectivity index (χ2v) is 3.62. The molecule has 5 heteroatoms. The molecule has 0 amide bonds. The van der Waals surface area contributed by atoms with Crippen molar-refractivity contribution < 1.29 is 18.6 Å². The summed E-state index contributed by atoms with van der Waals surface area (Å²) >= 11 is 0. The highest BCUT2D eigenvalue weighted by Gasteiger charge is 1.98. The maximum atomic E-state index is 13.2. The molecule has 0 heterocycles. The molecule has 0 unspecified atom stereocenters. The van der Waals surface area contributed by atoms with E-state index in [1.165, 1.54) is 6.07 Å². The second kappa shape index (κ2) is 9.82. The Balaban J connectivity index is 1.94. The molecule has 1 aromatic rings. The third-order valence-corrected chi connectivity index (χ3v) is 2.24. The Morgan fingerprint density at radius 3 is 2.39 bits per heavy atom. The van der Waals surface area contributed by atoms with Crippen molar-refractivity contribution in [1.29, 1.82) is 0 Å². The summed E-state index contributed by atoms with van der Waals surface area (Å²) in [5, 5.41) is 2.96. The number of ether oxygens (including phenoxy) is 3. The van der Waals surface area contributed by atoms with Gasteiger partial charge in [-0.2, -0.15) is 0 Å². The average molecular weight is 257 g/mol. The van der Waals surface area contributed by atoms with Gasteiger partial charge in [0.2, 0.25) is 0 Å². The van der Waals surface area contributed by atoms with Crippen molar-refractivity contribution in [2.75, 3.05) is 52.0 Å². The normalized spacial score (nSPS) is 10.6. The lowest BCUT2D eigenvalue weighted by Crippen LogP contribution is -2.14. The van der Waals surface area contributed by atoms with Crippen LogP contribution in [0.5, 0.6) is 0 Å². The van der Waals surface area contributed by atoms with Gasteiger partial charge in [-0.3, -0.25) is 0 Å². The fraction of sp³-hybridized carbons (Fsp3) is 0.538. The summed E-state index contributed by atoms with van der Waals surface area (Å²) in [6, 6.07) is 6.57. The minimum absolute atomic E-state index is 0.250. The van der Waals surface area contributed by atoms with Gasteiger partial charge in [0.05, 0.1) is 38.7 Å². The van der Waals surface area contributed by atoms with E-state index in [0.29, 0.717) is 45.3 Å². The molecule has 0 aliphatic rings. The first-order valence-electron chi connectivity index (χ1n) is 5.97. The minimum atomic E-state index is -0.250. The summed E-state index contributed by atoms with van der Waals surface area (Å²) in [4.78, 5) is 0. The predicted octanol–water partition coefficient (Wildman–Crippen LogP) is 1.92. The summed E-state index contributed by atoms with van der Waals surface area (Å²) in [5.74, 6) is -0.250. The topological polar surface area (TPSA) is 39.7 Å². The van der Waals surface area contributed by atoms with Crippen LogP contribution in [0.15, 0.2) is 24.3 Å². The van der Waals surface area contributed by atoms with Crippen LogP contribution < -0.4 is 5.32 Å². The number of para-hydroxylation sites is 1. The van der Waals surface area contributed by atoms with Crippen LogP contribution in [0.2, 0.25) is 0 Å². The molecule has 0 saturated heterocycles. The van der Waals surface area contributed by atoms with Crippen LogP contribution in [0.3, 0.4) is 0 Å². The Morgan fingerprint density at radius 1 is 1.00 bits per heavy atom. The molecule has 4 nitrogen and oxygen atoms in total. The smallest absolute Gasteiger partial charge is 0.146 e. The first-order valence-corrected chi connectivity index (χ1v) is 5.97. The zero-order valence-electron chi connectivity index (χ0n) is 10.7. The molecule has 0 fully saturated rings. The monoisotopic (exact) mass is 257 g/mol. The summed E-state index contributed by atoms with van der Waals surface area (Å²) in [6.07, 6.45) is 0. The Hall–Kier alpha value is -1.17. The van der Waals surface area contributed by atoms with Crippen LogP contribution in [0.1, 0.15) is 0 Å². The van der Waals surface area contributed by atoms with E-state index < -0.39 is 0 Å². The van der Waals surface area contributed by atoms with E-state index in [-0.39, 0.29) is 5.82 Å². The number of hydrogen-bond acceptors (Lipinski definition) is 4. The molecular formula is C13H20FNO3. The first-order chi connectivity index (χ1) is 8.84. The van der Waals surface area contributed by atoms with Crippen LogP contribution >= 0.6 is 0 Å². The molecule has 0 atom stereocenters. The number of halogens is 1. The number of hydrogen-bond donors (Lipinski definition) is 1. The fourth-order valence-electron chi connectivity index (χ4n) is 1.33. The molecule has 1 N–H and O–H groups in total.